The molecule has 2 atom stereocenters. The Bertz CT molecular complexity index is 383. The van der Waals surface area contributed by atoms with E-state index >= 15 is 0 Å². The SMILES string of the molecule is CC1CSCC(c2cccc(C#N)c2)N1. The molecule has 78 valence electrons. The molecule has 15 heavy (non-hydrogen) atoms. The minimum atomic E-state index is 0.395. The normalized spacial score (nSPS) is 25.9. The highest BCUT2D eigenvalue weighted by Gasteiger charge is 2.19. The highest BCUT2D eigenvalue weighted by atomic mass is 32.2. The zero-order valence-corrected chi connectivity index (χ0v) is 9.55. The zero-order valence-electron chi connectivity index (χ0n) is 8.73. The first-order valence-corrected chi connectivity index (χ1v) is 6.29. The van der Waals surface area contributed by atoms with Crippen LogP contribution >= 0.6 is 11.8 Å². The topological polar surface area (TPSA) is 35.8 Å². The van der Waals surface area contributed by atoms with Gasteiger partial charge < -0.3 is 5.32 Å². The molecule has 0 saturated carbocycles. The van der Waals surface area contributed by atoms with E-state index in [9.17, 15) is 0 Å². The van der Waals surface area contributed by atoms with Crippen molar-refractivity contribution in [2.45, 2.75) is 19.0 Å². The van der Waals surface area contributed by atoms with Gasteiger partial charge in [0.25, 0.3) is 0 Å². The second kappa shape index (κ2) is 4.69. The average Bonchev–Trinajstić information content (AvgIpc) is 2.29. The van der Waals surface area contributed by atoms with Gasteiger partial charge in [0.05, 0.1) is 11.6 Å². The van der Waals surface area contributed by atoms with Crippen LogP contribution in [0.1, 0.15) is 24.1 Å². The molecule has 2 unspecified atom stereocenters. The van der Waals surface area contributed by atoms with E-state index in [1.165, 1.54) is 11.3 Å². The number of hydrogen-bond acceptors (Lipinski definition) is 3. The van der Waals surface area contributed by atoms with Gasteiger partial charge in [0, 0.05) is 23.6 Å². The molecule has 1 aromatic carbocycles. The largest absolute Gasteiger partial charge is 0.306 e. The summed E-state index contributed by atoms with van der Waals surface area (Å²) in [6, 6.07) is 11.0. The van der Waals surface area contributed by atoms with Gasteiger partial charge in [0.15, 0.2) is 0 Å². The molecule has 1 saturated heterocycles. The van der Waals surface area contributed by atoms with Crippen LogP contribution in [0.15, 0.2) is 24.3 Å². The van der Waals surface area contributed by atoms with Crippen molar-refractivity contribution in [2.24, 2.45) is 0 Å². The molecule has 2 nitrogen and oxygen atoms in total. The monoisotopic (exact) mass is 218 g/mol. The van der Waals surface area contributed by atoms with Gasteiger partial charge in [-0.2, -0.15) is 17.0 Å². The van der Waals surface area contributed by atoms with Crippen molar-refractivity contribution in [2.75, 3.05) is 11.5 Å². The van der Waals surface area contributed by atoms with E-state index in [1.54, 1.807) is 0 Å². The Balaban J connectivity index is 2.18. The molecule has 0 bridgehead atoms. The number of benzene rings is 1. The number of nitriles is 1. The van der Waals surface area contributed by atoms with E-state index < -0.39 is 0 Å². The molecule has 0 aliphatic carbocycles. The average molecular weight is 218 g/mol. The van der Waals surface area contributed by atoms with Crippen LogP contribution in [0.3, 0.4) is 0 Å². The summed E-state index contributed by atoms with van der Waals surface area (Å²) >= 11 is 1.97. The zero-order chi connectivity index (χ0) is 10.7. The van der Waals surface area contributed by atoms with Crippen LogP contribution in [-0.2, 0) is 0 Å². The molecule has 1 aliphatic heterocycles. The number of nitrogens with one attached hydrogen (secondary N) is 1. The molecule has 0 radical (unpaired) electrons. The Morgan fingerprint density at radius 3 is 3.07 bits per heavy atom. The van der Waals surface area contributed by atoms with Gasteiger partial charge in [-0.3, -0.25) is 0 Å². The van der Waals surface area contributed by atoms with Crippen LogP contribution in [0.4, 0.5) is 0 Å². The van der Waals surface area contributed by atoms with E-state index in [0.29, 0.717) is 12.1 Å². The maximum atomic E-state index is 8.84. The van der Waals surface area contributed by atoms with E-state index in [-0.39, 0.29) is 0 Å². The summed E-state index contributed by atoms with van der Waals surface area (Å²) in [7, 11) is 0. The Labute approximate surface area is 94.7 Å². The van der Waals surface area contributed by atoms with Crippen LogP contribution in [0.2, 0.25) is 0 Å². The first-order valence-electron chi connectivity index (χ1n) is 5.13. The van der Waals surface area contributed by atoms with Crippen molar-refractivity contribution in [3.05, 3.63) is 35.4 Å². The van der Waals surface area contributed by atoms with Crippen LogP contribution in [0, 0.1) is 11.3 Å². The van der Waals surface area contributed by atoms with Gasteiger partial charge in [-0.05, 0) is 24.6 Å². The van der Waals surface area contributed by atoms with E-state index in [1.807, 2.05) is 30.0 Å². The lowest BCUT2D eigenvalue weighted by atomic mass is 10.0. The highest BCUT2D eigenvalue weighted by Crippen LogP contribution is 2.24. The second-order valence-electron chi connectivity index (χ2n) is 3.90. The summed E-state index contributed by atoms with van der Waals surface area (Å²) in [6.45, 7) is 2.20. The van der Waals surface area contributed by atoms with Crippen LogP contribution in [0.25, 0.3) is 0 Å². The van der Waals surface area contributed by atoms with Crippen molar-refractivity contribution >= 4 is 11.8 Å². The molecular formula is C12H14N2S. The standard InChI is InChI=1S/C12H14N2S/c1-9-7-15-8-12(14-9)11-4-2-3-10(5-11)6-13/h2-5,9,12,14H,7-8H2,1H3. The maximum absolute atomic E-state index is 8.84. The molecule has 1 heterocycles. The fraction of sp³-hybridized carbons (Fsp3) is 0.417. The van der Waals surface area contributed by atoms with Gasteiger partial charge in [0.2, 0.25) is 0 Å². The van der Waals surface area contributed by atoms with Crippen LogP contribution in [0.5, 0.6) is 0 Å². The minimum Gasteiger partial charge on any atom is -0.306 e. The Hall–Kier alpha value is -0.980. The lowest BCUT2D eigenvalue weighted by molar-refractivity contribution is 0.502. The lowest BCUT2D eigenvalue weighted by Crippen LogP contribution is -2.37. The molecule has 2 rings (SSSR count). The van der Waals surface area contributed by atoms with Crippen LogP contribution < -0.4 is 5.32 Å². The number of rotatable bonds is 1. The minimum absolute atomic E-state index is 0.395. The van der Waals surface area contributed by atoms with Crippen molar-refractivity contribution in [1.82, 2.24) is 5.32 Å². The Morgan fingerprint density at radius 1 is 1.47 bits per heavy atom. The van der Waals surface area contributed by atoms with Crippen molar-refractivity contribution in [3.8, 4) is 6.07 Å². The van der Waals surface area contributed by atoms with Crippen molar-refractivity contribution in [1.29, 1.82) is 5.26 Å². The second-order valence-corrected chi connectivity index (χ2v) is 4.97. The third-order valence-electron chi connectivity index (χ3n) is 2.56. The number of nitrogens with zero attached hydrogens (tertiary/aromatic N) is 1. The van der Waals surface area contributed by atoms with Gasteiger partial charge >= 0.3 is 0 Å². The predicted molar refractivity (Wildman–Crippen MR) is 63.8 cm³/mol. The first kappa shape index (κ1) is 10.5. The summed E-state index contributed by atoms with van der Waals surface area (Å²) in [5.74, 6) is 2.27. The van der Waals surface area contributed by atoms with Gasteiger partial charge in [-0.1, -0.05) is 12.1 Å². The van der Waals surface area contributed by atoms with Crippen LogP contribution in [-0.4, -0.2) is 17.5 Å². The number of thioether (sulfide) groups is 1. The summed E-state index contributed by atoms with van der Waals surface area (Å²) in [6.07, 6.45) is 0. The summed E-state index contributed by atoms with van der Waals surface area (Å²) < 4.78 is 0. The van der Waals surface area contributed by atoms with Gasteiger partial charge in [-0.25, -0.2) is 0 Å². The quantitative estimate of drug-likeness (QED) is 0.786. The molecule has 3 heteroatoms. The summed E-state index contributed by atoms with van der Waals surface area (Å²) in [4.78, 5) is 0. The van der Waals surface area contributed by atoms with E-state index in [4.69, 9.17) is 5.26 Å². The third-order valence-corrected chi connectivity index (χ3v) is 3.86. The fourth-order valence-corrected chi connectivity index (χ4v) is 2.93. The molecule has 1 aliphatic rings. The molecule has 0 spiro atoms. The van der Waals surface area contributed by atoms with E-state index in [2.05, 4.69) is 24.4 Å². The smallest absolute Gasteiger partial charge is 0.0991 e. The molecule has 1 fully saturated rings. The molecular weight excluding hydrogens is 204 g/mol. The van der Waals surface area contributed by atoms with Crippen molar-refractivity contribution < 1.29 is 0 Å². The highest BCUT2D eigenvalue weighted by molar-refractivity contribution is 7.99. The molecule has 0 amide bonds. The van der Waals surface area contributed by atoms with Gasteiger partial charge in [0.1, 0.15) is 0 Å². The Kier molecular flexibility index (Phi) is 3.30. The maximum Gasteiger partial charge on any atom is 0.0991 e. The molecule has 1 N–H and O–H groups in total. The fourth-order valence-electron chi connectivity index (χ4n) is 1.82. The van der Waals surface area contributed by atoms with Gasteiger partial charge in [-0.15, -0.1) is 0 Å². The molecule has 0 aromatic heterocycles. The first-order chi connectivity index (χ1) is 7.29. The predicted octanol–water partition coefficient (Wildman–Crippen LogP) is 2.32. The molecule has 1 aromatic rings. The van der Waals surface area contributed by atoms with Crippen molar-refractivity contribution in [3.63, 3.8) is 0 Å². The lowest BCUT2D eigenvalue weighted by Gasteiger charge is -2.28. The van der Waals surface area contributed by atoms with E-state index in [0.717, 1.165) is 11.3 Å². The summed E-state index contributed by atoms with van der Waals surface area (Å²) in [5.41, 5.74) is 1.98. The third kappa shape index (κ3) is 2.53. The summed E-state index contributed by atoms with van der Waals surface area (Å²) in [5, 5.41) is 12.4. The number of hydrogen-bond donors (Lipinski definition) is 1. The Morgan fingerprint density at radius 2 is 2.33 bits per heavy atom.